The zero-order valence-electron chi connectivity index (χ0n) is 16.4. The first-order valence-electron chi connectivity index (χ1n) is 9.29. The van der Waals surface area contributed by atoms with Gasteiger partial charge >= 0.3 is 0 Å². The van der Waals surface area contributed by atoms with Crippen molar-refractivity contribution in [1.29, 1.82) is 0 Å². The normalized spacial score (nSPS) is 11.8. The van der Waals surface area contributed by atoms with Crippen molar-refractivity contribution < 1.29 is 4.79 Å². The highest BCUT2D eigenvalue weighted by atomic mass is 32.2. The second-order valence-corrected chi connectivity index (χ2v) is 7.84. The number of benzene rings is 1. The monoisotopic (exact) mass is 417 g/mol. The third-order valence-electron chi connectivity index (χ3n) is 4.32. The van der Waals surface area contributed by atoms with Crippen LogP contribution in [0.1, 0.15) is 12.5 Å². The number of hydrogen-bond donors (Lipinski definition) is 1. The highest BCUT2D eigenvalue weighted by molar-refractivity contribution is 8.00. The van der Waals surface area contributed by atoms with E-state index in [4.69, 9.17) is 0 Å². The molecule has 0 saturated heterocycles. The summed E-state index contributed by atoms with van der Waals surface area (Å²) in [7, 11) is 0. The molecule has 0 aliphatic rings. The zero-order valence-corrected chi connectivity index (χ0v) is 17.2. The van der Waals surface area contributed by atoms with Crippen LogP contribution < -0.4 is 5.32 Å². The van der Waals surface area contributed by atoms with Crippen molar-refractivity contribution in [3.63, 3.8) is 0 Å². The molecule has 150 valence electrons. The average Bonchev–Trinajstić information content (AvgIpc) is 3.19. The lowest BCUT2D eigenvalue weighted by Gasteiger charge is -2.13. The Balaban J connectivity index is 1.65. The van der Waals surface area contributed by atoms with Crippen molar-refractivity contribution in [3.05, 3.63) is 72.8 Å². The standard InChI is InChI=1S/C21H19N7OS/c1-14-4-6-17(7-5-14)28-18(16-8-12-22-13-9-16)26-27-21(28)30-15(2)19(29)25-20-23-10-3-11-24-20/h3-13,15H,1-2H3,(H,23,24,25,29). The molecule has 3 heterocycles. The van der Waals surface area contributed by atoms with Gasteiger partial charge in [-0.25, -0.2) is 9.97 Å². The number of hydrogen-bond acceptors (Lipinski definition) is 7. The first-order chi connectivity index (χ1) is 14.6. The largest absolute Gasteiger partial charge is 0.294 e. The van der Waals surface area contributed by atoms with Gasteiger partial charge < -0.3 is 0 Å². The molecule has 8 nitrogen and oxygen atoms in total. The molecule has 0 bridgehead atoms. The summed E-state index contributed by atoms with van der Waals surface area (Å²) in [5, 5.41) is 11.6. The number of aryl methyl sites for hydroxylation is 1. The first kappa shape index (κ1) is 19.7. The molecule has 4 rings (SSSR count). The minimum Gasteiger partial charge on any atom is -0.294 e. The molecule has 3 aromatic heterocycles. The lowest BCUT2D eigenvalue weighted by molar-refractivity contribution is -0.115. The molecule has 1 amide bonds. The number of nitrogens with one attached hydrogen (secondary N) is 1. The summed E-state index contributed by atoms with van der Waals surface area (Å²) in [6, 6.07) is 13.5. The molecule has 30 heavy (non-hydrogen) atoms. The van der Waals surface area contributed by atoms with Gasteiger partial charge in [-0.2, -0.15) is 0 Å². The summed E-state index contributed by atoms with van der Waals surface area (Å²) in [5.74, 6) is 0.741. The van der Waals surface area contributed by atoms with Gasteiger partial charge in [0.05, 0.1) is 5.25 Å². The summed E-state index contributed by atoms with van der Waals surface area (Å²) >= 11 is 1.32. The molecule has 1 atom stereocenters. The molecule has 1 aromatic carbocycles. The smallest absolute Gasteiger partial charge is 0.240 e. The van der Waals surface area contributed by atoms with E-state index >= 15 is 0 Å². The molecule has 9 heteroatoms. The van der Waals surface area contributed by atoms with Gasteiger partial charge in [-0.05, 0) is 44.2 Å². The maximum Gasteiger partial charge on any atom is 0.240 e. The van der Waals surface area contributed by atoms with E-state index < -0.39 is 5.25 Å². The van der Waals surface area contributed by atoms with Crippen LogP contribution in [0.2, 0.25) is 0 Å². The van der Waals surface area contributed by atoms with Crippen LogP contribution in [-0.2, 0) is 4.79 Å². The Kier molecular flexibility index (Phi) is 5.80. The Labute approximate surface area is 177 Å². The van der Waals surface area contributed by atoms with Crippen LogP contribution in [0.15, 0.2) is 72.4 Å². The maximum absolute atomic E-state index is 12.6. The molecule has 0 radical (unpaired) electrons. The highest BCUT2D eigenvalue weighted by Gasteiger charge is 2.22. The maximum atomic E-state index is 12.6. The van der Waals surface area contributed by atoms with Crippen molar-refractivity contribution in [3.8, 4) is 17.1 Å². The van der Waals surface area contributed by atoms with Gasteiger partial charge in [0, 0.05) is 36.0 Å². The Hall–Kier alpha value is -3.59. The molecule has 1 N–H and O–H groups in total. The third kappa shape index (κ3) is 4.36. The van der Waals surface area contributed by atoms with Crippen molar-refractivity contribution in [2.24, 2.45) is 0 Å². The molecule has 0 aliphatic heterocycles. The van der Waals surface area contributed by atoms with Gasteiger partial charge in [-0.1, -0.05) is 29.5 Å². The molecule has 0 saturated carbocycles. The SMILES string of the molecule is Cc1ccc(-n2c(SC(C)C(=O)Nc3ncccn3)nnc2-c2ccncc2)cc1. The lowest BCUT2D eigenvalue weighted by atomic mass is 10.2. The van der Waals surface area contributed by atoms with E-state index in [1.807, 2.05) is 54.8 Å². The van der Waals surface area contributed by atoms with Crippen LogP contribution in [0.5, 0.6) is 0 Å². The van der Waals surface area contributed by atoms with E-state index in [0.717, 1.165) is 16.8 Å². The lowest BCUT2D eigenvalue weighted by Crippen LogP contribution is -2.24. The Morgan fingerprint density at radius 2 is 1.70 bits per heavy atom. The minimum absolute atomic E-state index is 0.213. The number of aromatic nitrogens is 6. The molecule has 0 spiro atoms. The van der Waals surface area contributed by atoms with Gasteiger partial charge in [-0.15, -0.1) is 10.2 Å². The van der Waals surface area contributed by atoms with E-state index in [0.29, 0.717) is 11.0 Å². The van der Waals surface area contributed by atoms with Crippen molar-refractivity contribution in [2.75, 3.05) is 5.32 Å². The molecular formula is C21H19N7OS. The second kappa shape index (κ2) is 8.83. The van der Waals surface area contributed by atoms with Crippen LogP contribution in [0, 0.1) is 6.92 Å². The molecule has 1 unspecified atom stereocenters. The Morgan fingerprint density at radius 1 is 1.00 bits per heavy atom. The molecular weight excluding hydrogens is 398 g/mol. The number of carbonyl (C=O) groups is 1. The second-order valence-electron chi connectivity index (χ2n) is 6.53. The quantitative estimate of drug-likeness (QED) is 0.479. The summed E-state index contributed by atoms with van der Waals surface area (Å²) in [6.07, 6.45) is 6.59. The first-order valence-corrected chi connectivity index (χ1v) is 10.2. The summed E-state index contributed by atoms with van der Waals surface area (Å²) in [6.45, 7) is 3.84. The van der Waals surface area contributed by atoms with E-state index in [1.54, 1.807) is 30.9 Å². The highest BCUT2D eigenvalue weighted by Crippen LogP contribution is 2.30. The number of anilines is 1. The van der Waals surface area contributed by atoms with Crippen molar-refractivity contribution >= 4 is 23.6 Å². The topological polar surface area (TPSA) is 98.5 Å². The zero-order chi connectivity index (χ0) is 20.9. The van der Waals surface area contributed by atoms with Crippen LogP contribution in [-0.4, -0.2) is 40.9 Å². The number of amides is 1. The molecule has 0 aliphatic carbocycles. The number of nitrogens with zero attached hydrogens (tertiary/aromatic N) is 6. The Bertz CT molecular complexity index is 1130. The summed E-state index contributed by atoms with van der Waals surface area (Å²) in [5.41, 5.74) is 2.96. The summed E-state index contributed by atoms with van der Waals surface area (Å²) < 4.78 is 1.95. The molecule has 4 aromatic rings. The van der Waals surface area contributed by atoms with E-state index in [1.165, 1.54) is 11.8 Å². The van der Waals surface area contributed by atoms with Crippen LogP contribution in [0.3, 0.4) is 0 Å². The van der Waals surface area contributed by atoms with E-state index in [9.17, 15) is 4.79 Å². The van der Waals surface area contributed by atoms with Crippen molar-refractivity contribution in [2.45, 2.75) is 24.3 Å². The van der Waals surface area contributed by atoms with Gasteiger partial charge in [0.2, 0.25) is 11.9 Å². The fraction of sp³-hybridized carbons (Fsp3) is 0.143. The fourth-order valence-corrected chi connectivity index (χ4v) is 3.62. The summed E-state index contributed by atoms with van der Waals surface area (Å²) in [4.78, 5) is 24.8. The van der Waals surface area contributed by atoms with Crippen LogP contribution in [0.4, 0.5) is 5.95 Å². The average molecular weight is 417 g/mol. The van der Waals surface area contributed by atoms with Crippen molar-refractivity contribution in [1.82, 2.24) is 29.7 Å². The van der Waals surface area contributed by atoms with Crippen LogP contribution >= 0.6 is 11.8 Å². The van der Waals surface area contributed by atoms with Gasteiger partial charge in [0.1, 0.15) is 0 Å². The number of carbonyl (C=O) groups excluding carboxylic acids is 1. The van der Waals surface area contributed by atoms with Crippen LogP contribution in [0.25, 0.3) is 17.1 Å². The predicted octanol–water partition coefficient (Wildman–Crippen LogP) is 3.55. The molecule has 0 fully saturated rings. The fourth-order valence-electron chi connectivity index (χ4n) is 2.75. The van der Waals surface area contributed by atoms with Gasteiger partial charge in [-0.3, -0.25) is 19.7 Å². The number of pyridine rings is 1. The van der Waals surface area contributed by atoms with E-state index in [2.05, 4.69) is 30.5 Å². The third-order valence-corrected chi connectivity index (χ3v) is 5.36. The van der Waals surface area contributed by atoms with E-state index in [-0.39, 0.29) is 11.9 Å². The van der Waals surface area contributed by atoms with Gasteiger partial charge in [0.15, 0.2) is 11.0 Å². The predicted molar refractivity (Wildman–Crippen MR) is 115 cm³/mol. The number of rotatable bonds is 6. The van der Waals surface area contributed by atoms with Gasteiger partial charge in [0.25, 0.3) is 0 Å². The Morgan fingerprint density at radius 3 is 2.40 bits per heavy atom. The minimum atomic E-state index is -0.438. The number of thioether (sulfide) groups is 1.